The molecule has 16 heavy (non-hydrogen) atoms. The van der Waals surface area contributed by atoms with Crippen LogP contribution in [0.15, 0.2) is 18.3 Å². The van der Waals surface area contributed by atoms with E-state index in [1.807, 2.05) is 6.20 Å². The largest absolute Gasteiger partial charge is 0.370 e. The van der Waals surface area contributed by atoms with Gasteiger partial charge in [0.15, 0.2) is 0 Å². The van der Waals surface area contributed by atoms with Crippen LogP contribution >= 0.6 is 0 Å². The molecule has 90 valence electrons. The third kappa shape index (κ3) is 3.81. The smallest absolute Gasteiger partial charge is 0.126 e. The van der Waals surface area contributed by atoms with E-state index in [-0.39, 0.29) is 0 Å². The third-order valence-corrected chi connectivity index (χ3v) is 2.96. The molecule has 1 rings (SSSR count). The van der Waals surface area contributed by atoms with Gasteiger partial charge in [-0.05, 0) is 45.0 Å². The van der Waals surface area contributed by atoms with Gasteiger partial charge in [0.25, 0.3) is 0 Å². The van der Waals surface area contributed by atoms with Crippen molar-refractivity contribution < 1.29 is 0 Å². The number of anilines is 1. The van der Waals surface area contributed by atoms with Gasteiger partial charge in [-0.1, -0.05) is 6.92 Å². The standard InChI is InChI=1S/C13H23N3/c1-5-11(3)16(4)10-12-7-8-15-13(9-12)14-6-2/h7-9,11H,5-6,10H2,1-4H3,(H,14,15). The molecular weight excluding hydrogens is 198 g/mol. The second-order valence-electron chi connectivity index (χ2n) is 4.25. The first-order chi connectivity index (χ1) is 7.67. The predicted octanol–water partition coefficient (Wildman–Crippen LogP) is 2.74. The zero-order valence-electron chi connectivity index (χ0n) is 10.8. The second-order valence-corrected chi connectivity index (χ2v) is 4.25. The molecule has 1 N–H and O–H groups in total. The topological polar surface area (TPSA) is 28.2 Å². The number of hydrogen-bond donors (Lipinski definition) is 1. The van der Waals surface area contributed by atoms with E-state index in [1.54, 1.807) is 0 Å². The van der Waals surface area contributed by atoms with Crippen LogP contribution in [0.4, 0.5) is 5.82 Å². The van der Waals surface area contributed by atoms with Gasteiger partial charge in [-0.25, -0.2) is 4.98 Å². The van der Waals surface area contributed by atoms with Crippen molar-refractivity contribution in [1.82, 2.24) is 9.88 Å². The third-order valence-electron chi connectivity index (χ3n) is 2.96. The van der Waals surface area contributed by atoms with Gasteiger partial charge in [-0.2, -0.15) is 0 Å². The molecule has 0 aliphatic heterocycles. The van der Waals surface area contributed by atoms with Crippen molar-refractivity contribution in [2.45, 2.75) is 39.8 Å². The van der Waals surface area contributed by atoms with Crippen molar-refractivity contribution in [3.63, 3.8) is 0 Å². The van der Waals surface area contributed by atoms with Gasteiger partial charge < -0.3 is 5.32 Å². The molecule has 0 saturated carbocycles. The summed E-state index contributed by atoms with van der Waals surface area (Å²) < 4.78 is 0. The molecule has 1 atom stereocenters. The fourth-order valence-electron chi connectivity index (χ4n) is 1.61. The highest BCUT2D eigenvalue weighted by atomic mass is 15.1. The Kier molecular flexibility index (Phi) is 5.26. The van der Waals surface area contributed by atoms with Crippen molar-refractivity contribution in [2.75, 3.05) is 18.9 Å². The van der Waals surface area contributed by atoms with Crippen molar-refractivity contribution in [1.29, 1.82) is 0 Å². The summed E-state index contributed by atoms with van der Waals surface area (Å²) in [5.74, 6) is 0.970. The van der Waals surface area contributed by atoms with E-state index >= 15 is 0 Å². The number of hydrogen-bond acceptors (Lipinski definition) is 3. The summed E-state index contributed by atoms with van der Waals surface area (Å²) in [5, 5.41) is 3.23. The van der Waals surface area contributed by atoms with E-state index in [2.05, 4.69) is 55.2 Å². The minimum Gasteiger partial charge on any atom is -0.370 e. The van der Waals surface area contributed by atoms with Gasteiger partial charge in [-0.15, -0.1) is 0 Å². The van der Waals surface area contributed by atoms with Crippen molar-refractivity contribution in [3.8, 4) is 0 Å². The Bertz CT molecular complexity index is 312. The van der Waals surface area contributed by atoms with Crippen LogP contribution in [0.25, 0.3) is 0 Å². The summed E-state index contributed by atoms with van der Waals surface area (Å²) in [6.45, 7) is 8.46. The Morgan fingerprint density at radius 2 is 2.19 bits per heavy atom. The summed E-state index contributed by atoms with van der Waals surface area (Å²) in [6, 6.07) is 4.83. The molecular formula is C13H23N3. The van der Waals surface area contributed by atoms with E-state index in [0.717, 1.165) is 18.9 Å². The number of pyridine rings is 1. The normalized spacial score (nSPS) is 12.8. The van der Waals surface area contributed by atoms with Crippen LogP contribution in [0.5, 0.6) is 0 Å². The van der Waals surface area contributed by atoms with Gasteiger partial charge in [0.2, 0.25) is 0 Å². The van der Waals surface area contributed by atoms with E-state index in [1.165, 1.54) is 12.0 Å². The highest BCUT2D eigenvalue weighted by molar-refractivity contribution is 5.37. The quantitative estimate of drug-likeness (QED) is 0.800. The van der Waals surface area contributed by atoms with Crippen LogP contribution in [0.3, 0.4) is 0 Å². The lowest BCUT2D eigenvalue weighted by molar-refractivity contribution is 0.244. The lowest BCUT2D eigenvalue weighted by Crippen LogP contribution is -2.27. The van der Waals surface area contributed by atoms with Crippen molar-refractivity contribution in [2.24, 2.45) is 0 Å². The highest BCUT2D eigenvalue weighted by Gasteiger charge is 2.07. The van der Waals surface area contributed by atoms with Crippen LogP contribution in [0.1, 0.15) is 32.8 Å². The van der Waals surface area contributed by atoms with Gasteiger partial charge in [0.05, 0.1) is 0 Å². The van der Waals surface area contributed by atoms with E-state index in [4.69, 9.17) is 0 Å². The Labute approximate surface area is 98.9 Å². The van der Waals surface area contributed by atoms with E-state index < -0.39 is 0 Å². The number of nitrogens with zero attached hydrogens (tertiary/aromatic N) is 2. The summed E-state index contributed by atoms with van der Waals surface area (Å²) in [4.78, 5) is 6.64. The minimum absolute atomic E-state index is 0.621. The molecule has 0 aliphatic carbocycles. The maximum absolute atomic E-state index is 4.27. The first-order valence-electron chi connectivity index (χ1n) is 6.06. The van der Waals surface area contributed by atoms with Crippen LogP contribution < -0.4 is 5.32 Å². The zero-order chi connectivity index (χ0) is 12.0. The monoisotopic (exact) mass is 221 g/mol. The molecule has 0 saturated heterocycles. The average Bonchev–Trinajstić information content (AvgIpc) is 2.29. The molecule has 3 heteroatoms. The summed E-state index contributed by atoms with van der Waals surface area (Å²) in [6.07, 6.45) is 3.05. The van der Waals surface area contributed by atoms with Crippen molar-refractivity contribution >= 4 is 5.82 Å². The molecule has 1 aromatic rings. The van der Waals surface area contributed by atoms with Gasteiger partial charge in [0.1, 0.15) is 5.82 Å². The Hall–Kier alpha value is -1.09. The summed E-state index contributed by atoms with van der Waals surface area (Å²) in [7, 11) is 2.17. The second kappa shape index (κ2) is 6.48. The molecule has 0 aliphatic rings. The molecule has 1 unspecified atom stereocenters. The van der Waals surface area contributed by atoms with E-state index in [9.17, 15) is 0 Å². The van der Waals surface area contributed by atoms with Gasteiger partial charge in [0, 0.05) is 25.3 Å². The highest BCUT2D eigenvalue weighted by Crippen LogP contribution is 2.11. The predicted molar refractivity (Wildman–Crippen MR) is 69.6 cm³/mol. The Balaban J connectivity index is 2.62. The number of nitrogens with one attached hydrogen (secondary N) is 1. The molecule has 0 fully saturated rings. The maximum Gasteiger partial charge on any atom is 0.126 e. The van der Waals surface area contributed by atoms with Crippen LogP contribution in [0.2, 0.25) is 0 Å². The van der Waals surface area contributed by atoms with Gasteiger partial charge >= 0.3 is 0 Å². The lowest BCUT2D eigenvalue weighted by atomic mass is 10.2. The average molecular weight is 221 g/mol. The van der Waals surface area contributed by atoms with Crippen molar-refractivity contribution in [3.05, 3.63) is 23.9 Å². The molecule has 1 heterocycles. The fraction of sp³-hybridized carbons (Fsp3) is 0.615. The molecule has 0 spiro atoms. The maximum atomic E-state index is 4.27. The first-order valence-corrected chi connectivity index (χ1v) is 6.06. The molecule has 0 aromatic carbocycles. The van der Waals surface area contributed by atoms with Crippen LogP contribution in [-0.4, -0.2) is 29.5 Å². The van der Waals surface area contributed by atoms with Crippen LogP contribution in [0, 0.1) is 0 Å². The SMILES string of the molecule is CCNc1cc(CN(C)C(C)CC)ccn1. The number of rotatable bonds is 6. The molecule has 1 aromatic heterocycles. The minimum atomic E-state index is 0.621. The Morgan fingerprint density at radius 3 is 2.81 bits per heavy atom. The first kappa shape index (κ1) is 13.0. The summed E-state index contributed by atoms with van der Waals surface area (Å²) in [5.41, 5.74) is 1.31. The fourth-order valence-corrected chi connectivity index (χ4v) is 1.61. The van der Waals surface area contributed by atoms with Crippen LogP contribution in [-0.2, 0) is 6.54 Å². The zero-order valence-corrected chi connectivity index (χ0v) is 10.8. The van der Waals surface area contributed by atoms with Gasteiger partial charge in [-0.3, -0.25) is 4.90 Å². The lowest BCUT2D eigenvalue weighted by Gasteiger charge is -2.23. The number of aromatic nitrogens is 1. The molecule has 0 bridgehead atoms. The molecule has 0 radical (unpaired) electrons. The molecule has 3 nitrogen and oxygen atoms in total. The van der Waals surface area contributed by atoms with E-state index in [0.29, 0.717) is 6.04 Å². The summed E-state index contributed by atoms with van der Waals surface area (Å²) >= 11 is 0. The Morgan fingerprint density at radius 1 is 1.44 bits per heavy atom. The molecule has 0 amide bonds.